The summed E-state index contributed by atoms with van der Waals surface area (Å²) in [6.45, 7) is 8.89. The number of aldehydes is 1. The van der Waals surface area contributed by atoms with Crippen molar-refractivity contribution in [3.05, 3.63) is 35.1 Å². The Kier molecular flexibility index (Phi) is 8.91. The number of ether oxygens (including phenoxy) is 1. The van der Waals surface area contributed by atoms with Crippen molar-refractivity contribution < 1.29 is 35.9 Å². The molecule has 14 heteroatoms. The summed E-state index contributed by atoms with van der Waals surface area (Å²) in [5.41, 5.74) is -2.56. The van der Waals surface area contributed by atoms with E-state index in [4.69, 9.17) is 11.6 Å². The highest BCUT2D eigenvalue weighted by Crippen LogP contribution is 2.42. The van der Waals surface area contributed by atoms with Crippen LogP contribution < -0.4 is 9.62 Å². The number of hydrogen-bond donors (Lipinski definition) is 1. The zero-order valence-electron chi connectivity index (χ0n) is 23.2. The van der Waals surface area contributed by atoms with Crippen LogP contribution in [0.5, 0.6) is 0 Å². The van der Waals surface area contributed by atoms with Crippen LogP contribution in [0.1, 0.15) is 59.9 Å². The number of fused-ring (bicyclic) bond motifs is 1. The third-order valence-corrected chi connectivity index (χ3v) is 9.38. The van der Waals surface area contributed by atoms with Crippen LogP contribution in [0.25, 0.3) is 0 Å². The lowest BCUT2D eigenvalue weighted by atomic mass is 9.79. The van der Waals surface area contributed by atoms with Gasteiger partial charge in [0.2, 0.25) is 5.60 Å². The van der Waals surface area contributed by atoms with E-state index in [1.54, 1.807) is 33.8 Å². The molecule has 1 aromatic carbocycles. The number of alkyl halides is 3. The first kappa shape index (κ1) is 31.7. The highest BCUT2D eigenvalue weighted by atomic mass is 35.5. The first-order valence-electron chi connectivity index (χ1n) is 12.8. The molecule has 0 saturated heterocycles. The van der Waals surface area contributed by atoms with Crippen LogP contribution in [0.4, 0.5) is 29.3 Å². The molecule has 0 radical (unpaired) electrons. The number of rotatable bonds is 8. The topological polar surface area (TPSA) is 111 Å². The third kappa shape index (κ3) is 6.56. The van der Waals surface area contributed by atoms with Gasteiger partial charge in [0, 0.05) is 29.9 Å². The number of anilines is 2. The van der Waals surface area contributed by atoms with Gasteiger partial charge in [-0.15, -0.1) is 0 Å². The SMILES string of the molecule is CCn1cc(S(=O)(=O)N2c3cc(NC(=O)OC(C)(C)C(F)(F)F)ccc3CCC(CC(C)(C)C=O)C2C)c(Cl)n1. The fraction of sp³-hybridized carbons (Fsp3) is 0.577. The minimum absolute atomic E-state index is 0.0381. The molecule has 1 N–H and O–H groups in total. The Morgan fingerprint density at radius 1 is 1.25 bits per heavy atom. The summed E-state index contributed by atoms with van der Waals surface area (Å²) >= 11 is 6.26. The maximum absolute atomic E-state index is 14.2. The van der Waals surface area contributed by atoms with E-state index < -0.39 is 39.4 Å². The number of aryl methyl sites for hydroxylation is 2. The van der Waals surface area contributed by atoms with Crippen LogP contribution in [-0.4, -0.2) is 48.4 Å². The maximum Gasteiger partial charge on any atom is 0.427 e. The molecule has 2 heterocycles. The van der Waals surface area contributed by atoms with Crippen molar-refractivity contribution >= 4 is 45.4 Å². The number of benzene rings is 1. The van der Waals surface area contributed by atoms with Gasteiger partial charge >= 0.3 is 12.3 Å². The maximum atomic E-state index is 14.2. The van der Waals surface area contributed by atoms with Crippen molar-refractivity contribution in [1.29, 1.82) is 0 Å². The predicted molar refractivity (Wildman–Crippen MR) is 145 cm³/mol. The van der Waals surface area contributed by atoms with Crippen LogP contribution in [0.15, 0.2) is 29.3 Å². The number of amides is 1. The molecule has 2 atom stereocenters. The molecule has 3 rings (SSSR count). The summed E-state index contributed by atoms with van der Waals surface area (Å²) in [5.74, 6) is -0.240. The molecule has 1 aliphatic rings. The van der Waals surface area contributed by atoms with E-state index in [2.05, 4.69) is 15.2 Å². The summed E-state index contributed by atoms with van der Waals surface area (Å²) in [7, 11) is -4.32. The zero-order valence-corrected chi connectivity index (χ0v) is 24.7. The van der Waals surface area contributed by atoms with Gasteiger partial charge in [0.1, 0.15) is 11.2 Å². The molecule has 222 valence electrons. The Balaban J connectivity index is 2.10. The molecule has 1 aromatic heterocycles. The quantitative estimate of drug-likeness (QED) is 0.358. The molecule has 2 aromatic rings. The predicted octanol–water partition coefficient (Wildman–Crippen LogP) is 6.21. The summed E-state index contributed by atoms with van der Waals surface area (Å²) in [5, 5.41) is 6.13. The van der Waals surface area contributed by atoms with E-state index >= 15 is 0 Å². The van der Waals surface area contributed by atoms with Gasteiger partial charge in [-0.1, -0.05) is 31.5 Å². The van der Waals surface area contributed by atoms with E-state index in [1.165, 1.54) is 27.3 Å². The molecule has 0 bridgehead atoms. The normalized spacial score (nSPS) is 18.6. The highest BCUT2D eigenvalue weighted by molar-refractivity contribution is 7.93. The number of hydrogen-bond acceptors (Lipinski definition) is 6. The second-order valence-corrected chi connectivity index (χ2v) is 13.3. The number of halogens is 4. The first-order valence-corrected chi connectivity index (χ1v) is 14.6. The summed E-state index contributed by atoms with van der Waals surface area (Å²) in [4.78, 5) is 23.9. The highest BCUT2D eigenvalue weighted by Gasteiger charge is 2.51. The standard InChI is InChI=1S/C26H34ClF3N4O5S/c1-7-33-14-21(22(27)32-33)40(37,38)34-16(2)18(13-24(3,4)15-35)9-8-17-10-11-19(12-20(17)34)31-23(36)39-25(5,6)26(28,29)30/h10-12,14-16,18H,7-9,13H2,1-6H3,(H,31,36). The van der Waals surface area contributed by atoms with Crippen molar-refractivity contribution in [3.63, 3.8) is 0 Å². The Bertz CT molecular complexity index is 1370. The largest absolute Gasteiger partial charge is 0.434 e. The van der Waals surface area contributed by atoms with Crippen molar-refractivity contribution in [2.45, 2.75) is 90.1 Å². The van der Waals surface area contributed by atoms with Crippen molar-refractivity contribution in [2.75, 3.05) is 9.62 Å². The second-order valence-electron chi connectivity index (χ2n) is 11.2. The Labute approximate surface area is 237 Å². The average molecular weight is 607 g/mol. The molecule has 2 unspecified atom stereocenters. The van der Waals surface area contributed by atoms with Gasteiger partial charge in [-0.25, -0.2) is 13.2 Å². The monoisotopic (exact) mass is 606 g/mol. The Hall–Kier alpha value is -2.80. The molecular formula is C26H34ClF3N4O5S. The Morgan fingerprint density at radius 3 is 2.45 bits per heavy atom. The minimum Gasteiger partial charge on any atom is -0.434 e. The van der Waals surface area contributed by atoms with Gasteiger partial charge < -0.3 is 9.53 Å². The second kappa shape index (κ2) is 11.2. The number of carbonyl (C=O) groups is 2. The summed E-state index contributed by atoms with van der Waals surface area (Å²) in [6, 6.07) is 3.81. The molecule has 0 spiro atoms. The van der Waals surface area contributed by atoms with Crippen molar-refractivity contribution in [3.8, 4) is 0 Å². The van der Waals surface area contributed by atoms with Gasteiger partial charge in [0.15, 0.2) is 5.15 Å². The number of sulfonamides is 1. The molecule has 0 aliphatic carbocycles. The molecular weight excluding hydrogens is 573 g/mol. The third-order valence-electron chi connectivity index (χ3n) is 7.09. The van der Waals surface area contributed by atoms with Crippen LogP contribution in [0.2, 0.25) is 5.15 Å². The number of carbonyl (C=O) groups excluding carboxylic acids is 2. The molecule has 1 amide bonds. The van der Waals surface area contributed by atoms with Crippen molar-refractivity contribution in [2.24, 2.45) is 11.3 Å². The van der Waals surface area contributed by atoms with E-state index in [0.29, 0.717) is 31.4 Å². The smallest absolute Gasteiger partial charge is 0.427 e. The fourth-order valence-corrected chi connectivity index (χ4v) is 6.85. The molecule has 1 aliphatic heterocycles. The Morgan fingerprint density at radius 2 is 1.90 bits per heavy atom. The lowest BCUT2D eigenvalue weighted by Crippen LogP contribution is -2.44. The molecule has 9 nitrogen and oxygen atoms in total. The van der Waals surface area contributed by atoms with Crippen LogP contribution >= 0.6 is 11.6 Å². The van der Waals surface area contributed by atoms with E-state index in [9.17, 15) is 31.2 Å². The van der Waals surface area contributed by atoms with Gasteiger partial charge in [-0.2, -0.15) is 18.3 Å². The fourth-order valence-electron chi connectivity index (χ4n) is 4.65. The van der Waals surface area contributed by atoms with Crippen LogP contribution in [-0.2, 0) is 32.5 Å². The van der Waals surface area contributed by atoms with E-state index in [-0.39, 0.29) is 27.3 Å². The van der Waals surface area contributed by atoms with Crippen LogP contribution in [0.3, 0.4) is 0 Å². The lowest BCUT2D eigenvalue weighted by Gasteiger charge is -2.36. The number of nitrogens with zero attached hydrogens (tertiary/aromatic N) is 3. The number of aromatic nitrogens is 2. The average Bonchev–Trinajstić information content (AvgIpc) is 3.16. The van der Waals surface area contributed by atoms with Crippen LogP contribution in [0, 0.1) is 11.3 Å². The van der Waals surface area contributed by atoms with Gasteiger partial charge in [0.25, 0.3) is 10.0 Å². The molecule has 40 heavy (non-hydrogen) atoms. The lowest BCUT2D eigenvalue weighted by molar-refractivity contribution is -0.242. The minimum atomic E-state index is -4.80. The molecule has 0 saturated carbocycles. The molecule has 0 fully saturated rings. The van der Waals surface area contributed by atoms with E-state index in [1.807, 2.05) is 0 Å². The first-order chi connectivity index (χ1) is 18.3. The zero-order chi connectivity index (χ0) is 30.3. The van der Waals surface area contributed by atoms with E-state index in [0.717, 1.165) is 20.1 Å². The summed E-state index contributed by atoms with van der Waals surface area (Å²) < 4.78 is 75.2. The number of nitrogens with one attached hydrogen (secondary N) is 1. The summed E-state index contributed by atoms with van der Waals surface area (Å²) in [6.07, 6.45) is -2.55. The van der Waals surface area contributed by atoms with Gasteiger partial charge in [0.05, 0.1) is 5.69 Å². The van der Waals surface area contributed by atoms with Gasteiger partial charge in [-0.05, 0) is 70.6 Å². The van der Waals surface area contributed by atoms with Crippen molar-refractivity contribution in [1.82, 2.24) is 9.78 Å². The van der Waals surface area contributed by atoms with Gasteiger partial charge in [-0.3, -0.25) is 14.3 Å².